The number of pyridine rings is 1. The third kappa shape index (κ3) is 5.32. The average Bonchev–Trinajstić information content (AvgIpc) is 2.73. The SMILES string of the molecule is CC(=O)c1ccc(NC(=O)c2cc(C(=O)NCc3ccc(F)cc3)ccn2)cc1. The molecule has 2 aromatic carbocycles. The van der Waals surface area contributed by atoms with Crippen LogP contribution in [0.1, 0.15) is 43.7 Å². The van der Waals surface area contributed by atoms with Crippen LogP contribution in [0.3, 0.4) is 0 Å². The van der Waals surface area contributed by atoms with Gasteiger partial charge in [-0.25, -0.2) is 4.39 Å². The molecule has 0 bridgehead atoms. The van der Waals surface area contributed by atoms with Crippen LogP contribution in [0, 0.1) is 5.82 Å². The van der Waals surface area contributed by atoms with Gasteiger partial charge in [0.05, 0.1) is 0 Å². The number of hydrogen-bond acceptors (Lipinski definition) is 4. The van der Waals surface area contributed by atoms with Crippen molar-refractivity contribution >= 4 is 23.3 Å². The lowest BCUT2D eigenvalue weighted by atomic mass is 10.1. The van der Waals surface area contributed by atoms with Crippen LogP contribution in [0.4, 0.5) is 10.1 Å². The molecule has 0 atom stereocenters. The fraction of sp³-hybridized carbons (Fsp3) is 0.0909. The Morgan fingerprint density at radius 3 is 2.24 bits per heavy atom. The Kier molecular flexibility index (Phi) is 6.09. The van der Waals surface area contributed by atoms with E-state index in [1.807, 2.05) is 0 Å². The van der Waals surface area contributed by atoms with Crippen molar-refractivity contribution in [3.63, 3.8) is 0 Å². The first-order chi connectivity index (χ1) is 13.9. The van der Waals surface area contributed by atoms with Crippen LogP contribution in [0.2, 0.25) is 0 Å². The summed E-state index contributed by atoms with van der Waals surface area (Å²) in [4.78, 5) is 40.1. The lowest BCUT2D eigenvalue weighted by molar-refractivity contribution is 0.0949. The highest BCUT2D eigenvalue weighted by Crippen LogP contribution is 2.12. The summed E-state index contributed by atoms with van der Waals surface area (Å²) < 4.78 is 12.9. The smallest absolute Gasteiger partial charge is 0.274 e. The average molecular weight is 391 g/mol. The Balaban J connectivity index is 1.64. The van der Waals surface area contributed by atoms with Crippen LogP contribution in [0.15, 0.2) is 66.9 Å². The molecule has 29 heavy (non-hydrogen) atoms. The second kappa shape index (κ2) is 8.88. The number of rotatable bonds is 6. The number of nitrogens with zero attached hydrogens (tertiary/aromatic N) is 1. The lowest BCUT2D eigenvalue weighted by Gasteiger charge is -2.08. The number of halogens is 1. The number of benzene rings is 2. The number of anilines is 1. The first-order valence-corrected chi connectivity index (χ1v) is 8.83. The molecule has 1 heterocycles. The van der Waals surface area contributed by atoms with Crippen molar-refractivity contribution in [2.75, 3.05) is 5.32 Å². The van der Waals surface area contributed by atoms with Gasteiger partial charge in [0.25, 0.3) is 11.8 Å². The minimum atomic E-state index is -0.478. The monoisotopic (exact) mass is 391 g/mol. The van der Waals surface area contributed by atoms with Crippen LogP contribution in [0.25, 0.3) is 0 Å². The van der Waals surface area contributed by atoms with E-state index >= 15 is 0 Å². The third-order valence-corrected chi connectivity index (χ3v) is 4.17. The molecule has 0 aliphatic carbocycles. The van der Waals surface area contributed by atoms with E-state index in [0.29, 0.717) is 11.3 Å². The fourth-order valence-corrected chi connectivity index (χ4v) is 2.57. The molecule has 6 nitrogen and oxygen atoms in total. The van der Waals surface area contributed by atoms with E-state index in [2.05, 4.69) is 15.6 Å². The Hall–Kier alpha value is -3.87. The highest BCUT2D eigenvalue weighted by atomic mass is 19.1. The summed E-state index contributed by atoms with van der Waals surface area (Å²) in [5.41, 5.74) is 2.16. The molecule has 2 N–H and O–H groups in total. The zero-order chi connectivity index (χ0) is 20.8. The summed E-state index contributed by atoms with van der Waals surface area (Å²) in [6, 6.07) is 15.2. The highest BCUT2D eigenvalue weighted by molar-refractivity contribution is 6.05. The topological polar surface area (TPSA) is 88.2 Å². The molecule has 3 rings (SSSR count). The molecule has 1 aromatic heterocycles. The molecule has 0 fully saturated rings. The maximum Gasteiger partial charge on any atom is 0.274 e. The number of hydrogen-bond donors (Lipinski definition) is 2. The van der Waals surface area contributed by atoms with Gasteiger partial charge >= 0.3 is 0 Å². The van der Waals surface area contributed by atoms with Gasteiger partial charge in [0, 0.05) is 29.6 Å². The van der Waals surface area contributed by atoms with Gasteiger partial charge in [-0.2, -0.15) is 0 Å². The molecule has 2 amide bonds. The Bertz CT molecular complexity index is 1050. The summed E-state index contributed by atoms with van der Waals surface area (Å²) in [5, 5.41) is 5.39. The summed E-state index contributed by atoms with van der Waals surface area (Å²) >= 11 is 0. The molecule has 7 heteroatoms. The predicted molar refractivity (Wildman–Crippen MR) is 106 cm³/mol. The van der Waals surface area contributed by atoms with E-state index in [9.17, 15) is 18.8 Å². The maximum atomic E-state index is 12.9. The van der Waals surface area contributed by atoms with Crippen LogP contribution in [-0.2, 0) is 6.54 Å². The van der Waals surface area contributed by atoms with Crippen LogP contribution < -0.4 is 10.6 Å². The van der Waals surface area contributed by atoms with Gasteiger partial charge in [-0.3, -0.25) is 19.4 Å². The fourth-order valence-electron chi connectivity index (χ4n) is 2.57. The third-order valence-electron chi connectivity index (χ3n) is 4.17. The molecule has 0 radical (unpaired) electrons. The molecule has 0 spiro atoms. The lowest BCUT2D eigenvalue weighted by Crippen LogP contribution is -2.23. The Morgan fingerprint density at radius 1 is 0.897 bits per heavy atom. The number of Topliss-reactive ketones (excluding diaryl/α,β-unsaturated/α-hetero) is 1. The number of aromatic nitrogens is 1. The minimum absolute atomic E-state index is 0.0658. The van der Waals surface area contributed by atoms with Crippen molar-refractivity contribution in [3.05, 3.63) is 95.1 Å². The Labute approximate surface area is 166 Å². The zero-order valence-corrected chi connectivity index (χ0v) is 15.6. The van der Waals surface area contributed by atoms with Crippen molar-refractivity contribution in [1.82, 2.24) is 10.3 Å². The summed E-state index contributed by atoms with van der Waals surface area (Å²) in [6.45, 7) is 1.69. The molecule has 3 aromatic rings. The summed E-state index contributed by atoms with van der Waals surface area (Å²) in [5.74, 6) is -1.27. The van der Waals surface area contributed by atoms with E-state index in [1.165, 1.54) is 37.4 Å². The number of carbonyl (C=O) groups is 3. The van der Waals surface area contributed by atoms with E-state index in [0.717, 1.165) is 5.56 Å². The minimum Gasteiger partial charge on any atom is -0.348 e. The predicted octanol–water partition coefficient (Wildman–Crippen LogP) is 3.61. The molecular weight excluding hydrogens is 373 g/mol. The number of amides is 2. The first kappa shape index (κ1) is 19.9. The number of ketones is 1. The van der Waals surface area contributed by atoms with Crippen molar-refractivity contribution in [3.8, 4) is 0 Å². The number of carbonyl (C=O) groups excluding carboxylic acids is 3. The van der Waals surface area contributed by atoms with Gasteiger partial charge in [0.15, 0.2) is 5.78 Å². The van der Waals surface area contributed by atoms with Crippen molar-refractivity contribution in [1.29, 1.82) is 0 Å². The quantitative estimate of drug-likeness (QED) is 0.629. The Morgan fingerprint density at radius 2 is 1.59 bits per heavy atom. The van der Waals surface area contributed by atoms with Crippen molar-refractivity contribution in [2.24, 2.45) is 0 Å². The molecule has 0 aliphatic rings. The largest absolute Gasteiger partial charge is 0.348 e. The summed E-state index contributed by atoms with van der Waals surface area (Å²) in [6.07, 6.45) is 1.38. The van der Waals surface area contributed by atoms with Crippen LogP contribution >= 0.6 is 0 Å². The molecule has 0 aliphatic heterocycles. The van der Waals surface area contributed by atoms with E-state index in [1.54, 1.807) is 36.4 Å². The standard InChI is InChI=1S/C22H18FN3O3/c1-14(27)16-4-8-19(9-5-16)26-22(29)20-12-17(10-11-24-20)21(28)25-13-15-2-6-18(23)7-3-15/h2-12H,13H2,1H3,(H,25,28)(H,26,29). The maximum absolute atomic E-state index is 12.9. The summed E-state index contributed by atoms with van der Waals surface area (Å²) in [7, 11) is 0. The first-order valence-electron chi connectivity index (χ1n) is 8.83. The van der Waals surface area contributed by atoms with Crippen molar-refractivity contribution < 1.29 is 18.8 Å². The molecule has 0 saturated carbocycles. The van der Waals surface area contributed by atoms with Crippen LogP contribution in [-0.4, -0.2) is 22.6 Å². The molecule has 146 valence electrons. The molecule has 0 unspecified atom stereocenters. The van der Waals surface area contributed by atoms with E-state index in [4.69, 9.17) is 0 Å². The van der Waals surface area contributed by atoms with E-state index < -0.39 is 5.91 Å². The zero-order valence-electron chi connectivity index (χ0n) is 15.6. The second-order valence-electron chi connectivity index (χ2n) is 6.33. The van der Waals surface area contributed by atoms with Gasteiger partial charge in [-0.1, -0.05) is 12.1 Å². The van der Waals surface area contributed by atoms with Gasteiger partial charge in [0.1, 0.15) is 11.5 Å². The van der Waals surface area contributed by atoms with Gasteiger partial charge in [-0.05, 0) is 61.0 Å². The second-order valence-corrected chi connectivity index (χ2v) is 6.33. The molecule has 0 saturated heterocycles. The van der Waals surface area contributed by atoms with Gasteiger partial charge in [-0.15, -0.1) is 0 Å². The van der Waals surface area contributed by atoms with Gasteiger partial charge < -0.3 is 10.6 Å². The molecular formula is C22H18FN3O3. The highest BCUT2D eigenvalue weighted by Gasteiger charge is 2.12. The van der Waals surface area contributed by atoms with E-state index in [-0.39, 0.29) is 35.3 Å². The normalized spacial score (nSPS) is 10.3. The van der Waals surface area contributed by atoms with Gasteiger partial charge in [0.2, 0.25) is 0 Å². The van der Waals surface area contributed by atoms with Crippen LogP contribution in [0.5, 0.6) is 0 Å². The number of nitrogens with one attached hydrogen (secondary N) is 2. The van der Waals surface area contributed by atoms with Crippen molar-refractivity contribution in [2.45, 2.75) is 13.5 Å².